The van der Waals surface area contributed by atoms with E-state index in [1.807, 2.05) is 48.0 Å². The van der Waals surface area contributed by atoms with Crippen molar-refractivity contribution in [3.63, 3.8) is 0 Å². The van der Waals surface area contributed by atoms with E-state index in [1.165, 1.54) is 23.1 Å². The lowest BCUT2D eigenvalue weighted by Crippen LogP contribution is -2.12. The Morgan fingerprint density at radius 2 is 1.93 bits per heavy atom. The molecule has 3 N–H and O–H groups in total. The minimum Gasteiger partial charge on any atom is -0.383 e. The van der Waals surface area contributed by atoms with Gasteiger partial charge in [0.25, 0.3) is 0 Å². The highest BCUT2D eigenvalue weighted by molar-refractivity contribution is 7.99. The standard InChI is InChI=1S/C21H17N5OS2/c1-13-2-4-15(5-3-13)25-18(27)7-9-29-21-17(11-23)19(14-6-8-28-12-14)16(10-22)20(24)26-21/h2-6,8,12H,7,9H2,1H3,(H2,24,26)(H,25,27). The highest BCUT2D eigenvalue weighted by atomic mass is 32.2. The van der Waals surface area contributed by atoms with Crippen molar-refractivity contribution in [2.75, 3.05) is 16.8 Å². The smallest absolute Gasteiger partial charge is 0.225 e. The van der Waals surface area contributed by atoms with Crippen LogP contribution < -0.4 is 11.1 Å². The molecule has 0 radical (unpaired) electrons. The van der Waals surface area contributed by atoms with E-state index in [1.54, 1.807) is 0 Å². The van der Waals surface area contributed by atoms with Crippen molar-refractivity contribution in [1.29, 1.82) is 10.5 Å². The van der Waals surface area contributed by atoms with Gasteiger partial charge in [0.1, 0.15) is 28.5 Å². The summed E-state index contributed by atoms with van der Waals surface area (Å²) in [5, 5.41) is 26.2. The van der Waals surface area contributed by atoms with Crippen molar-refractivity contribution in [3.8, 4) is 23.3 Å². The molecule has 8 heteroatoms. The number of nitrogens with zero attached hydrogens (tertiary/aromatic N) is 3. The fraction of sp³-hybridized carbons (Fsp3) is 0.143. The summed E-state index contributed by atoms with van der Waals surface area (Å²) in [6.07, 6.45) is 0.249. The maximum atomic E-state index is 12.2. The van der Waals surface area contributed by atoms with Crippen LogP contribution in [-0.2, 0) is 4.79 Å². The molecular weight excluding hydrogens is 402 g/mol. The second kappa shape index (κ2) is 9.24. The summed E-state index contributed by atoms with van der Waals surface area (Å²) in [7, 11) is 0. The quantitative estimate of drug-likeness (QED) is 0.566. The number of hydrogen-bond donors (Lipinski definition) is 2. The molecule has 0 aliphatic heterocycles. The number of hydrogen-bond acceptors (Lipinski definition) is 7. The molecule has 0 bridgehead atoms. The second-order valence-electron chi connectivity index (χ2n) is 6.18. The monoisotopic (exact) mass is 419 g/mol. The molecule has 0 saturated carbocycles. The minimum atomic E-state index is -0.125. The third-order valence-corrected chi connectivity index (χ3v) is 5.79. The van der Waals surface area contributed by atoms with Crippen molar-refractivity contribution in [2.24, 2.45) is 0 Å². The number of rotatable bonds is 6. The maximum Gasteiger partial charge on any atom is 0.225 e. The lowest BCUT2D eigenvalue weighted by molar-refractivity contribution is -0.115. The first-order valence-corrected chi connectivity index (χ1v) is 10.6. The van der Waals surface area contributed by atoms with Crippen LogP contribution in [0.15, 0.2) is 46.1 Å². The van der Waals surface area contributed by atoms with Crippen LogP contribution in [0.4, 0.5) is 11.5 Å². The van der Waals surface area contributed by atoms with Gasteiger partial charge in [0.15, 0.2) is 0 Å². The number of nitriles is 2. The normalized spacial score (nSPS) is 10.2. The molecule has 3 rings (SSSR count). The van der Waals surface area contributed by atoms with Crippen LogP contribution in [-0.4, -0.2) is 16.6 Å². The summed E-state index contributed by atoms with van der Waals surface area (Å²) >= 11 is 2.75. The van der Waals surface area contributed by atoms with E-state index in [4.69, 9.17) is 5.73 Å². The number of aromatic nitrogens is 1. The van der Waals surface area contributed by atoms with Gasteiger partial charge in [0, 0.05) is 23.4 Å². The number of nitrogens with two attached hydrogens (primary N) is 1. The molecule has 144 valence electrons. The first-order valence-electron chi connectivity index (χ1n) is 8.69. The van der Waals surface area contributed by atoms with E-state index in [9.17, 15) is 15.3 Å². The molecule has 1 aromatic carbocycles. The van der Waals surface area contributed by atoms with Crippen LogP contribution >= 0.6 is 23.1 Å². The van der Waals surface area contributed by atoms with E-state index in [0.29, 0.717) is 21.9 Å². The number of nitrogen functional groups attached to an aromatic ring is 1. The van der Waals surface area contributed by atoms with Gasteiger partial charge in [-0.15, -0.1) is 11.8 Å². The molecule has 3 aromatic rings. The number of thioether (sulfide) groups is 1. The highest BCUT2D eigenvalue weighted by Crippen LogP contribution is 2.36. The average Bonchev–Trinajstić information content (AvgIpc) is 3.23. The van der Waals surface area contributed by atoms with Crippen LogP contribution in [0.25, 0.3) is 11.1 Å². The number of nitrogens with one attached hydrogen (secondary N) is 1. The molecule has 0 atom stereocenters. The fourth-order valence-electron chi connectivity index (χ4n) is 2.70. The predicted molar refractivity (Wildman–Crippen MR) is 117 cm³/mol. The Balaban J connectivity index is 1.76. The van der Waals surface area contributed by atoms with Crippen molar-refractivity contribution in [1.82, 2.24) is 4.98 Å². The number of amides is 1. The third-order valence-electron chi connectivity index (χ3n) is 4.13. The summed E-state index contributed by atoms with van der Waals surface area (Å²) in [6.45, 7) is 1.98. The summed E-state index contributed by atoms with van der Waals surface area (Å²) < 4.78 is 0. The molecule has 0 spiro atoms. The molecule has 0 unspecified atom stereocenters. The first kappa shape index (κ1) is 20.4. The molecular formula is C21H17N5OS2. The van der Waals surface area contributed by atoms with Gasteiger partial charge >= 0.3 is 0 Å². The zero-order valence-electron chi connectivity index (χ0n) is 15.6. The van der Waals surface area contributed by atoms with Crippen LogP contribution in [0.1, 0.15) is 23.1 Å². The summed E-state index contributed by atoms with van der Waals surface area (Å²) in [5.41, 5.74) is 9.59. The van der Waals surface area contributed by atoms with E-state index >= 15 is 0 Å². The van der Waals surface area contributed by atoms with Gasteiger partial charge in [-0.2, -0.15) is 21.9 Å². The van der Waals surface area contributed by atoms with Crippen LogP contribution in [0.3, 0.4) is 0 Å². The van der Waals surface area contributed by atoms with Crippen molar-refractivity contribution in [2.45, 2.75) is 18.4 Å². The van der Waals surface area contributed by atoms with Crippen molar-refractivity contribution >= 4 is 40.5 Å². The number of pyridine rings is 1. The summed E-state index contributed by atoms with van der Waals surface area (Å²) in [6, 6.07) is 13.6. The fourth-order valence-corrected chi connectivity index (χ4v) is 4.28. The molecule has 2 aromatic heterocycles. The van der Waals surface area contributed by atoms with Gasteiger partial charge in [-0.3, -0.25) is 4.79 Å². The zero-order valence-corrected chi connectivity index (χ0v) is 17.2. The zero-order chi connectivity index (χ0) is 20.8. The van der Waals surface area contributed by atoms with Gasteiger partial charge in [0.05, 0.1) is 5.56 Å². The van der Waals surface area contributed by atoms with Crippen LogP contribution in [0.5, 0.6) is 0 Å². The molecule has 2 heterocycles. The van der Waals surface area contributed by atoms with Crippen molar-refractivity contribution in [3.05, 3.63) is 57.8 Å². The number of thiophene rings is 1. The molecule has 1 amide bonds. The Bertz CT molecular complexity index is 1110. The molecule has 29 heavy (non-hydrogen) atoms. The van der Waals surface area contributed by atoms with Crippen LogP contribution in [0.2, 0.25) is 0 Å². The first-order chi connectivity index (χ1) is 14.0. The van der Waals surface area contributed by atoms with Gasteiger partial charge in [-0.05, 0) is 41.4 Å². The van der Waals surface area contributed by atoms with Gasteiger partial charge in [0.2, 0.25) is 5.91 Å². The Labute approximate surface area is 177 Å². The molecule has 0 aliphatic carbocycles. The third kappa shape index (κ3) is 4.75. The lowest BCUT2D eigenvalue weighted by atomic mass is 9.99. The predicted octanol–water partition coefficient (Wildman–Crippen LogP) is 4.56. The number of benzene rings is 1. The van der Waals surface area contributed by atoms with Gasteiger partial charge in [-0.25, -0.2) is 4.98 Å². The maximum absolute atomic E-state index is 12.2. The molecule has 0 saturated heterocycles. The van der Waals surface area contributed by atoms with Gasteiger partial charge in [-0.1, -0.05) is 17.7 Å². The van der Waals surface area contributed by atoms with Gasteiger partial charge < -0.3 is 11.1 Å². The number of anilines is 2. The van der Waals surface area contributed by atoms with E-state index in [-0.39, 0.29) is 23.7 Å². The highest BCUT2D eigenvalue weighted by Gasteiger charge is 2.20. The molecule has 0 fully saturated rings. The van der Waals surface area contributed by atoms with E-state index in [2.05, 4.69) is 22.4 Å². The van der Waals surface area contributed by atoms with Crippen LogP contribution in [0, 0.1) is 29.6 Å². The number of carbonyl (C=O) groups is 1. The Kier molecular flexibility index (Phi) is 6.50. The van der Waals surface area contributed by atoms with Crippen molar-refractivity contribution < 1.29 is 4.79 Å². The SMILES string of the molecule is Cc1ccc(NC(=O)CCSc2nc(N)c(C#N)c(-c3ccsc3)c2C#N)cc1. The second-order valence-corrected chi connectivity index (χ2v) is 8.04. The Morgan fingerprint density at radius 1 is 1.21 bits per heavy atom. The number of aryl methyl sites for hydroxylation is 1. The minimum absolute atomic E-state index is 0.0827. The van der Waals surface area contributed by atoms with E-state index < -0.39 is 0 Å². The topological polar surface area (TPSA) is 116 Å². The summed E-state index contributed by atoms with van der Waals surface area (Å²) in [5.74, 6) is 0.382. The summed E-state index contributed by atoms with van der Waals surface area (Å²) in [4.78, 5) is 16.4. The largest absolute Gasteiger partial charge is 0.383 e. The number of carbonyl (C=O) groups excluding carboxylic acids is 1. The Morgan fingerprint density at radius 3 is 2.55 bits per heavy atom. The molecule has 0 aliphatic rings. The molecule has 6 nitrogen and oxygen atoms in total. The lowest BCUT2D eigenvalue weighted by Gasteiger charge is -2.12. The Hall–Kier alpha value is -3.33. The average molecular weight is 420 g/mol. The van der Waals surface area contributed by atoms with E-state index in [0.717, 1.165) is 16.8 Å².